The fourth-order valence-corrected chi connectivity index (χ4v) is 1.60. The van der Waals surface area contributed by atoms with Gasteiger partial charge in [0.25, 0.3) is 0 Å². The predicted molar refractivity (Wildman–Crippen MR) is 86.5 cm³/mol. The Balaban J connectivity index is 0. The van der Waals surface area contributed by atoms with Crippen LogP contribution in [0, 0.1) is 11.8 Å². The molecule has 0 spiro atoms. The van der Waals surface area contributed by atoms with Crippen LogP contribution in [0.1, 0.15) is 42.5 Å². The average Bonchev–Trinajstić information content (AvgIpc) is 2.37. The molecule has 0 aliphatic rings. The van der Waals surface area contributed by atoms with Gasteiger partial charge >= 0.3 is 0 Å². The lowest BCUT2D eigenvalue weighted by Gasteiger charge is -2.20. The number of carbonyl (C=O) groups is 1. The minimum Gasteiger partial charge on any atom is -0.379 e. The molecule has 0 saturated heterocycles. The fourth-order valence-electron chi connectivity index (χ4n) is 1.60. The van der Waals surface area contributed by atoms with Crippen molar-refractivity contribution < 1.29 is 20.4 Å². The molecule has 0 aromatic rings. The van der Waals surface area contributed by atoms with E-state index in [1.807, 2.05) is 6.92 Å². The van der Waals surface area contributed by atoms with E-state index in [0.29, 0.717) is 44.9 Å². The minimum atomic E-state index is -0.125. The van der Waals surface area contributed by atoms with Crippen molar-refractivity contribution in [2.75, 3.05) is 39.6 Å². The first-order valence-corrected chi connectivity index (χ1v) is 7.98. The van der Waals surface area contributed by atoms with Gasteiger partial charge in [0.05, 0.1) is 19.3 Å². The second kappa shape index (κ2) is 13.0. The molecule has 21 heavy (non-hydrogen) atoms. The van der Waals surface area contributed by atoms with Gasteiger partial charge in [0.1, 0.15) is 6.61 Å². The Morgan fingerprint density at radius 3 is 1.90 bits per heavy atom. The maximum atomic E-state index is 11.8. The van der Waals surface area contributed by atoms with Crippen LogP contribution >= 0.6 is 0 Å². The average molecular weight is 305 g/mol. The number of nitrogens with one attached hydrogen (secondary N) is 1. The highest BCUT2D eigenvalue weighted by Crippen LogP contribution is 1.98. The number of carbonyl (C=O) groups excluding carboxylic acids is 1. The van der Waals surface area contributed by atoms with Crippen molar-refractivity contribution in [3.63, 3.8) is 0 Å². The summed E-state index contributed by atoms with van der Waals surface area (Å²) in [6.07, 6.45) is 0.908. The van der Waals surface area contributed by atoms with Crippen molar-refractivity contribution in [2.45, 2.75) is 47.1 Å². The van der Waals surface area contributed by atoms with Crippen molar-refractivity contribution >= 4 is 5.91 Å². The Morgan fingerprint density at radius 1 is 0.952 bits per heavy atom. The van der Waals surface area contributed by atoms with Crippen LogP contribution in [0.2, 0.25) is 0 Å². The molecule has 0 aliphatic heterocycles. The van der Waals surface area contributed by atoms with E-state index in [-0.39, 0.29) is 20.0 Å². The molecule has 0 bridgehead atoms. The Hall–Kier alpha value is -0.650. The smallest absolute Gasteiger partial charge is 0.246 e. The van der Waals surface area contributed by atoms with Crippen molar-refractivity contribution in [2.24, 2.45) is 11.8 Å². The second-order valence-electron chi connectivity index (χ2n) is 6.18. The third kappa shape index (κ3) is 14.1. The zero-order valence-electron chi connectivity index (χ0n) is 14.3. The van der Waals surface area contributed by atoms with E-state index in [2.05, 4.69) is 33.0 Å². The van der Waals surface area contributed by atoms with Crippen LogP contribution in [0.5, 0.6) is 0 Å². The Morgan fingerprint density at radius 2 is 1.48 bits per heavy atom. The molecule has 0 radical (unpaired) electrons. The quantitative estimate of drug-likeness (QED) is 0.531. The highest BCUT2D eigenvalue weighted by Gasteiger charge is 2.14. The lowest BCUT2D eigenvalue weighted by Crippen LogP contribution is -2.43. The van der Waals surface area contributed by atoms with Gasteiger partial charge in [-0.2, -0.15) is 0 Å². The summed E-state index contributed by atoms with van der Waals surface area (Å²) in [6.45, 7) is 13.4. The Bertz CT molecular complexity index is 249. The molecular weight excluding hydrogens is 270 g/mol. The lowest BCUT2D eigenvalue weighted by atomic mass is 10.2. The van der Waals surface area contributed by atoms with Gasteiger partial charge in [-0.25, -0.2) is 0 Å². The normalized spacial score (nSPS) is 11.6. The van der Waals surface area contributed by atoms with Gasteiger partial charge in [0, 0.05) is 21.2 Å². The Labute approximate surface area is 131 Å². The van der Waals surface area contributed by atoms with Gasteiger partial charge in [-0.3, -0.25) is 4.79 Å². The molecule has 128 valence electrons. The van der Waals surface area contributed by atoms with Crippen LogP contribution in [-0.2, 0) is 19.0 Å². The number of amides is 1. The largest absolute Gasteiger partial charge is 0.379 e. The molecule has 0 aliphatic carbocycles. The van der Waals surface area contributed by atoms with Crippen LogP contribution in [-0.4, -0.2) is 51.6 Å². The van der Waals surface area contributed by atoms with Crippen molar-refractivity contribution in [3.8, 4) is 0 Å². The SMILES string of the molecule is CCCOCC(=O)NC(COCC(C)C)COCC(C)C.[HH]. The minimum absolute atomic E-state index is 0. The van der Waals surface area contributed by atoms with E-state index >= 15 is 0 Å². The molecular formula is C16H35NO4. The summed E-state index contributed by atoms with van der Waals surface area (Å²) >= 11 is 0. The number of hydrogen-bond donors (Lipinski definition) is 1. The second-order valence-corrected chi connectivity index (χ2v) is 6.18. The summed E-state index contributed by atoms with van der Waals surface area (Å²) in [4.78, 5) is 11.8. The third-order valence-corrected chi connectivity index (χ3v) is 2.49. The highest BCUT2D eigenvalue weighted by molar-refractivity contribution is 5.77. The standard InChI is InChI=1S/C16H33NO4.H2/c1-6-7-19-12-16(18)17-15(10-20-8-13(2)3)11-21-9-14(4)5;/h13-15H,6-12H2,1-5H3,(H,17,18);1H. The van der Waals surface area contributed by atoms with E-state index < -0.39 is 0 Å². The molecule has 0 aromatic carbocycles. The van der Waals surface area contributed by atoms with E-state index in [1.54, 1.807) is 0 Å². The monoisotopic (exact) mass is 305 g/mol. The topological polar surface area (TPSA) is 56.8 Å². The molecule has 0 unspecified atom stereocenters. The Kier molecular flexibility index (Phi) is 12.6. The van der Waals surface area contributed by atoms with Gasteiger partial charge in [0.15, 0.2) is 0 Å². The zero-order chi connectivity index (χ0) is 16.1. The molecule has 1 amide bonds. The maximum absolute atomic E-state index is 11.8. The molecule has 5 heteroatoms. The van der Waals surface area contributed by atoms with Crippen molar-refractivity contribution in [1.29, 1.82) is 0 Å². The molecule has 5 nitrogen and oxygen atoms in total. The first-order chi connectivity index (χ1) is 9.95. The summed E-state index contributed by atoms with van der Waals surface area (Å²) in [5.74, 6) is 0.839. The molecule has 1 N–H and O–H groups in total. The summed E-state index contributed by atoms with van der Waals surface area (Å²) in [7, 11) is 0. The van der Waals surface area contributed by atoms with Gasteiger partial charge in [-0.05, 0) is 18.3 Å². The van der Waals surface area contributed by atoms with Crippen LogP contribution < -0.4 is 5.32 Å². The lowest BCUT2D eigenvalue weighted by molar-refractivity contribution is -0.127. The molecule has 0 rings (SSSR count). The van der Waals surface area contributed by atoms with Gasteiger partial charge in [0.2, 0.25) is 5.91 Å². The molecule has 0 aromatic heterocycles. The van der Waals surface area contributed by atoms with Crippen LogP contribution in [0.4, 0.5) is 0 Å². The summed E-state index contributed by atoms with van der Waals surface area (Å²) in [5, 5.41) is 2.91. The van der Waals surface area contributed by atoms with Crippen molar-refractivity contribution in [3.05, 3.63) is 0 Å². The molecule has 0 heterocycles. The summed E-state index contributed by atoms with van der Waals surface area (Å²) in [6, 6.07) is -0.125. The maximum Gasteiger partial charge on any atom is 0.246 e. The summed E-state index contributed by atoms with van der Waals surface area (Å²) < 4.78 is 16.4. The first-order valence-electron chi connectivity index (χ1n) is 7.98. The van der Waals surface area contributed by atoms with Gasteiger partial charge in [-0.15, -0.1) is 0 Å². The zero-order valence-corrected chi connectivity index (χ0v) is 14.3. The van der Waals surface area contributed by atoms with Crippen LogP contribution in [0.15, 0.2) is 0 Å². The summed E-state index contributed by atoms with van der Waals surface area (Å²) in [5.41, 5.74) is 0. The molecule has 0 atom stereocenters. The van der Waals surface area contributed by atoms with E-state index in [9.17, 15) is 4.79 Å². The first kappa shape index (κ1) is 20.3. The van der Waals surface area contributed by atoms with Crippen LogP contribution in [0.3, 0.4) is 0 Å². The highest BCUT2D eigenvalue weighted by atomic mass is 16.5. The number of hydrogen-bond acceptors (Lipinski definition) is 4. The number of rotatable bonds is 13. The van der Waals surface area contributed by atoms with E-state index in [0.717, 1.165) is 6.42 Å². The van der Waals surface area contributed by atoms with Crippen LogP contribution in [0.25, 0.3) is 0 Å². The van der Waals surface area contributed by atoms with E-state index in [1.165, 1.54) is 0 Å². The predicted octanol–water partition coefficient (Wildman–Crippen LogP) is 2.49. The van der Waals surface area contributed by atoms with E-state index in [4.69, 9.17) is 14.2 Å². The van der Waals surface area contributed by atoms with Gasteiger partial charge in [-0.1, -0.05) is 34.6 Å². The third-order valence-electron chi connectivity index (χ3n) is 2.49. The van der Waals surface area contributed by atoms with Gasteiger partial charge < -0.3 is 19.5 Å². The fraction of sp³-hybridized carbons (Fsp3) is 0.938. The molecule has 0 saturated carbocycles. The number of ether oxygens (including phenoxy) is 3. The van der Waals surface area contributed by atoms with Crippen molar-refractivity contribution in [1.82, 2.24) is 5.32 Å². The molecule has 0 fully saturated rings.